The average molecular weight is 319 g/mol. The molecular formula is C15H34O3Si2. The van der Waals surface area contributed by atoms with E-state index in [4.69, 9.17) is 13.3 Å². The first kappa shape index (κ1) is 18.4. The van der Waals surface area contributed by atoms with Crippen molar-refractivity contribution in [2.24, 2.45) is 0 Å². The van der Waals surface area contributed by atoms with Crippen LogP contribution in [0.5, 0.6) is 0 Å². The zero-order valence-corrected chi connectivity index (χ0v) is 16.4. The molecule has 1 aliphatic rings. The molecule has 0 saturated carbocycles. The van der Waals surface area contributed by atoms with Crippen LogP contribution < -0.4 is 0 Å². The summed E-state index contributed by atoms with van der Waals surface area (Å²) in [6.07, 6.45) is 3.34. The lowest BCUT2D eigenvalue weighted by Gasteiger charge is -2.54. The highest BCUT2D eigenvalue weighted by molar-refractivity contribution is 7.35. The van der Waals surface area contributed by atoms with Crippen LogP contribution in [0.4, 0.5) is 0 Å². The Morgan fingerprint density at radius 1 is 0.900 bits per heavy atom. The first-order valence-corrected chi connectivity index (χ1v) is 13.9. The van der Waals surface area contributed by atoms with Crippen molar-refractivity contribution in [1.29, 1.82) is 0 Å². The van der Waals surface area contributed by atoms with E-state index in [1.165, 1.54) is 0 Å². The molecule has 1 rings (SSSR count). The van der Waals surface area contributed by atoms with Gasteiger partial charge in [0.05, 0.1) is 5.60 Å². The van der Waals surface area contributed by atoms with Gasteiger partial charge in [-0.3, -0.25) is 0 Å². The number of rotatable bonds is 8. The molecule has 0 spiro atoms. The van der Waals surface area contributed by atoms with Gasteiger partial charge < -0.3 is 13.3 Å². The van der Waals surface area contributed by atoms with E-state index >= 15 is 0 Å². The van der Waals surface area contributed by atoms with Crippen molar-refractivity contribution in [3.8, 4) is 0 Å². The van der Waals surface area contributed by atoms with Crippen molar-refractivity contribution in [3.05, 3.63) is 0 Å². The SMILES string of the molecule is CCO[Si]1(OCC)CCC(CC)(CC)O[Si]1(CC)CC. The van der Waals surface area contributed by atoms with E-state index < -0.39 is 15.9 Å². The van der Waals surface area contributed by atoms with Crippen LogP contribution in [0.1, 0.15) is 60.8 Å². The van der Waals surface area contributed by atoms with Crippen molar-refractivity contribution in [3.63, 3.8) is 0 Å². The largest absolute Gasteiger partial charge is 0.408 e. The predicted octanol–water partition coefficient (Wildman–Crippen LogP) is 4.54. The van der Waals surface area contributed by atoms with Crippen LogP contribution in [0.25, 0.3) is 0 Å². The van der Waals surface area contributed by atoms with Gasteiger partial charge >= 0.3 is 8.08 Å². The van der Waals surface area contributed by atoms with Gasteiger partial charge in [0.15, 0.2) is 0 Å². The van der Waals surface area contributed by atoms with Crippen molar-refractivity contribution in [1.82, 2.24) is 0 Å². The fraction of sp³-hybridized carbons (Fsp3) is 1.00. The van der Waals surface area contributed by atoms with E-state index in [2.05, 4.69) is 41.5 Å². The Kier molecular flexibility index (Phi) is 6.92. The minimum absolute atomic E-state index is 0.0863. The summed E-state index contributed by atoms with van der Waals surface area (Å²) in [4.78, 5) is 0. The Bertz CT molecular complexity index is 283. The van der Waals surface area contributed by atoms with Crippen molar-refractivity contribution in [2.75, 3.05) is 13.2 Å². The van der Waals surface area contributed by atoms with Gasteiger partial charge in [0, 0.05) is 13.2 Å². The van der Waals surface area contributed by atoms with Crippen molar-refractivity contribution in [2.45, 2.75) is 84.5 Å². The zero-order chi connectivity index (χ0) is 15.3. The molecule has 0 aromatic heterocycles. The molecule has 0 unspecified atom stereocenters. The summed E-state index contributed by atoms with van der Waals surface area (Å²) in [5.74, 6) is 0. The van der Waals surface area contributed by atoms with Gasteiger partial charge in [0.2, 0.25) is 7.83 Å². The van der Waals surface area contributed by atoms with Crippen LogP contribution in [0.15, 0.2) is 0 Å². The molecule has 1 heterocycles. The fourth-order valence-corrected chi connectivity index (χ4v) is 18.6. The lowest BCUT2D eigenvalue weighted by atomic mass is 9.94. The minimum Gasteiger partial charge on any atom is -0.408 e. The molecule has 5 heteroatoms. The van der Waals surface area contributed by atoms with E-state index in [9.17, 15) is 0 Å². The van der Waals surface area contributed by atoms with Gasteiger partial charge in [0.1, 0.15) is 0 Å². The van der Waals surface area contributed by atoms with Crippen LogP contribution in [0.3, 0.4) is 0 Å². The molecule has 0 aromatic rings. The predicted molar refractivity (Wildman–Crippen MR) is 89.5 cm³/mol. The lowest BCUT2D eigenvalue weighted by Crippen LogP contribution is -2.73. The van der Waals surface area contributed by atoms with Crippen molar-refractivity contribution >= 4 is 15.9 Å². The molecule has 3 nitrogen and oxygen atoms in total. The number of hydrogen-bond acceptors (Lipinski definition) is 3. The van der Waals surface area contributed by atoms with Gasteiger partial charge in [0.25, 0.3) is 0 Å². The van der Waals surface area contributed by atoms with Gasteiger partial charge in [-0.25, -0.2) is 0 Å². The molecule has 1 aliphatic heterocycles. The quantitative estimate of drug-likeness (QED) is 0.615. The topological polar surface area (TPSA) is 27.7 Å². The molecule has 0 aliphatic carbocycles. The Labute approximate surface area is 127 Å². The Morgan fingerprint density at radius 2 is 1.40 bits per heavy atom. The summed E-state index contributed by atoms with van der Waals surface area (Å²) >= 11 is 0. The molecular weight excluding hydrogens is 284 g/mol. The molecule has 0 amide bonds. The highest BCUT2D eigenvalue weighted by Gasteiger charge is 2.64. The van der Waals surface area contributed by atoms with Gasteiger partial charge in [-0.15, -0.1) is 0 Å². The third kappa shape index (κ3) is 3.07. The average Bonchev–Trinajstić information content (AvgIpc) is 2.49. The Balaban J connectivity index is 3.18. The standard InChI is InChI=1S/C15H34O3Si2/c1-7-15(8-2)13-14-20(16-9-3,17-10-4)19(11-5,12-6)18-15/h7-14H2,1-6H3. The second-order valence-corrected chi connectivity index (χ2v) is 17.0. The van der Waals surface area contributed by atoms with Crippen molar-refractivity contribution < 1.29 is 13.3 Å². The maximum absolute atomic E-state index is 6.93. The maximum Gasteiger partial charge on any atom is 0.349 e. The van der Waals surface area contributed by atoms with E-state index in [-0.39, 0.29) is 5.60 Å². The third-order valence-corrected chi connectivity index (χ3v) is 20.3. The van der Waals surface area contributed by atoms with Crippen LogP contribution in [-0.4, -0.2) is 34.7 Å². The summed E-state index contributed by atoms with van der Waals surface area (Å²) in [5, 5.41) is 0. The van der Waals surface area contributed by atoms with Gasteiger partial charge in [-0.1, -0.05) is 27.7 Å². The Morgan fingerprint density at radius 3 is 1.75 bits per heavy atom. The first-order chi connectivity index (χ1) is 9.53. The highest BCUT2D eigenvalue weighted by Crippen LogP contribution is 2.46. The minimum atomic E-state index is -2.17. The molecule has 0 bridgehead atoms. The Hall–Kier alpha value is 0.314. The fourth-order valence-electron chi connectivity index (χ4n) is 3.76. The third-order valence-electron chi connectivity index (χ3n) is 5.20. The van der Waals surface area contributed by atoms with Crippen LogP contribution in [0.2, 0.25) is 18.1 Å². The second-order valence-electron chi connectivity index (χ2n) is 5.81. The van der Waals surface area contributed by atoms with Crippen LogP contribution in [0, 0.1) is 0 Å². The molecule has 1 fully saturated rings. The van der Waals surface area contributed by atoms with Gasteiger partial charge in [-0.05, 0) is 51.2 Å². The van der Waals surface area contributed by atoms with Gasteiger partial charge in [-0.2, -0.15) is 0 Å². The monoisotopic (exact) mass is 318 g/mol. The summed E-state index contributed by atoms with van der Waals surface area (Å²) in [7, 11) is -4.10. The smallest absolute Gasteiger partial charge is 0.349 e. The molecule has 0 radical (unpaired) electrons. The molecule has 1 saturated heterocycles. The molecule has 0 atom stereocenters. The molecule has 120 valence electrons. The van der Waals surface area contributed by atoms with E-state index in [0.717, 1.165) is 50.6 Å². The summed E-state index contributed by atoms with van der Waals surface area (Å²) in [5.41, 5.74) is 0.0863. The van der Waals surface area contributed by atoms with E-state index in [0.29, 0.717) is 0 Å². The molecule has 20 heavy (non-hydrogen) atoms. The first-order valence-electron chi connectivity index (χ1n) is 8.51. The van der Waals surface area contributed by atoms with Crippen LogP contribution >= 0.6 is 0 Å². The number of hydrogen-bond donors (Lipinski definition) is 0. The highest BCUT2D eigenvalue weighted by atomic mass is 29.3. The normalized spacial score (nSPS) is 23.7. The summed E-state index contributed by atoms with van der Waals surface area (Å²) in [6, 6.07) is 3.37. The second kappa shape index (κ2) is 7.54. The lowest BCUT2D eigenvalue weighted by molar-refractivity contribution is 0.0261. The zero-order valence-electron chi connectivity index (χ0n) is 14.4. The van der Waals surface area contributed by atoms with E-state index in [1.807, 2.05) is 0 Å². The van der Waals surface area contributed by atoms with Crippen LogP contribution in [-0.2, 0) is 13.3 Å². The molecule has 0 N–H and O–H groups in total. The molecule has 0 aromatic carbocycles. The summed E-state index contributed by atoms with van der Waals surface area (Å²) < 4.78 is 19.6. The maximum atomic E-state index is 6.93. The van der Waals surface area contributed by atoms with E-state index in [1.54, 1.807) is 0 Å². The summed E-state index contributed by atoms with van der Waals surface area (Å²) in [6.45, 7) is 14.8.